The molecule has 1 amide bonds. The molecule has 0 N–H and O–H groups in total. The Kier molecular flexibility index (Phi) is 7.95. The Morgan fingerprint density at radius 1 is 0.800 bits per heavy atom. The van der Waals surface area contributed by atoms with Gasteiger partial charge in [0.05, 0.1) is 11.2 Å². The standard InChI is InChI=1S/C30H39N3O6S/c1-29(2,3)38-27(34)32-18-16-31(17-19-32)24-15-11-14-22-23(20-21-12-9-8-10-13-21)26(40(7,36)37)33(25(22)24)28(35)39-30(4,5)6/h8-15H,16-20H2,1-7H3. The van der Waals surface area contributed by atoms with Crippen molar-refractivity contribution < 1.29 is 27.5 Å². The van der Waals surface area contributed by atoms with Crippen molar-refractivity contribution in [2.45, 2.75) is 64.2 Å². The topological polar surface area (TPSA) is 98.1 Å². The second-order valence-corrected chi connectivity index (χ2v) is 14.1. The summed E-state index contributed by atoms with van der Waals surface area (Å²) in [5.74, 6) is 0. The van der Waals surface area contributed by atoms with E-state index in [2.05, 4.69) is 4.90 Å². The summed E-state index contributed by atoms with van der Waals surface area (Å²) >= 11 is 0. The number of para-hydroxylation sites is 1. The largest absolute Gasteiger partial charge is 0.444 e. The second-order valence-electron chi connectivity index (χ2n) is 12.2. The maximum atomic E-state index is 13.7. The van der Waals surface area contributed by atoms with Gasteiger partial charge in [0.15, 0.2) is 9.84 Å². The number of carbonyl (C=O) groups excluding carboxylic acids is 2. The number of benzene rings is 2. The molecular formula is C30H39N3O6S. The molecule has 2 aromatic carbocycles. The van der Waals surface area contributed by atoms with Crippen LogP contribution in [-0.4, -0.2) is 73.7 Å². The van der Waals surface area contributed by atoms with Gasteiger partial charge in [-0.05, 0) is 53.2 Å². The first-order valence-corrected chi connectivity index (χ1v) is 15.3. The first kappa shape index (κ1) is 29.5. The number of ether oxygens (including phenoxy) is 2. The number of aromatic nitrogens is 1. The highest BCUT2D eigenvalue weighted by atomic mass is 32.2. The average Bonchev–Trinajstić information content (AvgIpc) is 3.18. The lowest BCUT2D eigenvalue weighted by atomic mass is 10.0. The summed E-state index contributed by atoms with van der Waals surface area (Å²) in [4.78, 5) is 30.1. The first-order valence-electron chi connectivity index (χ1n) is 13.4. The Bertz CT molecular complexity index is 1510. The van der Waals surface area contributed by atoms with Crippen LogP contribution in [0.2, 0.25) is 0 Å². The molecule has 1 aliphatic heterocycles. The van der Waals surface area contributed by atoms with Crippen LogP contribution in [0, 0.1) is 0 Å². The smallest absolute Gasteiger partial charge is 0.420 e. The number of amides is 1. The zero-order valence-electron chi connectivity index (χ0n) is 24.4. The van der Waals surface area contributed by atoms with E-state index in [1.807, 2.05) is 69.3 Å². The van der Waals surface area contributed by atoms with Crippen LogP contribution < -0.4 is 4.90 Å². The summed E-state index contributed by atoms with van der Waals surface area (Å²) in [7, 11) is -3.86. The molecule has 1 saturated heterocycles. The van der Waals surface area contributed by atoms with E-state index in [0.717, 1.165) is 11.8 Å². The molecule has 40 heavy (non-hydrogen) atoms. The molecule has 9 nitrogen and oxygen atoms in total. The second kappa shape index (κ2) is 10.8. The number of fused-ring (bicyclic) bond motifs is 1. The van der Waals surface area contributed by atoms with Crippen molar-refractivity contribution in [2.24, 2.45) is 0 Å². The number of hydrogen-bond acceptors (Lipinski definition) is 7. The first-order chi connectivity index (χ1) is 18.5. The fourth-order valence-corrected chi connectivity index (χ4v) is 6.04. The maximum Gasteiger partial charge on any atom is 0.420 e. The Balaban J connectivity index is 1.85. The van der Waals surface area contributed by atoms with E-state index in [4.69, 9.17) is 9.47 Å². The van der Waals surface area contributed by atoms with Gasteiger partial charge in [-0.1, -0.05) is 42.5 Å². The van der Waals surface area contributed by atoms with Crippen molar-refractivity contribution in [3.05, 3.63) is 59.7 Å². The van der Waals surface area contributed by atoms with Crippen molar-refractivity contribution in [1.29, 1.82) is 0 Å². The third-order valence-electron chi connectivity index (χ3n) is 6.45. The van der Waals surface area contributed by atoms with Gasteiger partial charge in [0, 0.05) is 49.8 Å². The molecule has 4 rings (SSSR count). The quantitative estimate of drug-likeness (QED) is 0.411. The summed E-state index contributed by atoms with van der Waals surface area (Å²) < 4.78 is 39.1. The number of piperazine rings is 1. The minimum Gasteiger partial charge on any atom is -0.444 e. The van der Waals surface area contributed by atoms with Gasteiger partial charge in [0.25, 0.3) is 0 Å². The van der Waals surface area contributed by atoms with Crippen LogP contribution in [0.4, 0.5) is 15.3 Å². The van der Waals surface area contributed by atoms with Crippen LogP contribution in [-0.2, 0) is 25.7 Å². The highest BCUT2D eigenvalue weighted by Gasteiger charge is 2.34. The minimum absolute atomic E-state index is 0.0690. The molecule has 3 aromatic rings. The van der Waals surface area contributed by atoms with Crippen molar-refractivity contribution in [2.75, 3.05) is 37.3 Å². The van der Waals surface area contributed by atoms with Gasteiger partial charge in [-0.25, -0.2) is 22.6 Å². The molecule has 2 heterocycles. The highest BCUT2D eigenvalue weighted by molar-refractivity contribution is 7.90. The van der Waals surface area contributed by atoms with E-state index in [1.54, 1.807) is 25.7 Å². The van der Waals surface area contributed by atoms with Gasteiger partial charge in [-0.15, -0.1) is 0 Å². The lowest BCUT2D eigenvalue weighted by Gasteiger charge is -2.37. The van der Waals surface area contributed by atoms with Crippen LogP contribution >= 0.6 is 0 Å². The molecular weight excluding hydrogens is 530 g/mol. The van der Waals surface area contributed by atoms with Crippen LogP contribution in [0.1, 0.15) is 52.7 Å². The molecule has 0 radical (unpaired) electrons. The minimum atomic E-state index is -3.86. The van der Waals surface area contributed by atoms with Crippen LogP contribution in [0.5, 0.6) is 0 Å². The van der Waals surface area contributed by atoms with E-state index < -0.39 is 27.1 Å². The predicted octanol–water partition coefficient (Wildman–Crippen LogP) is 5.48. The molecule has 216 valence electrons. The zero-order valence-corrected chi connectivity index (χ0v) is 25.2. The highest BCUT2D eigenvalue weighted by Crippen LogP contribution is 2.38. The number of sulfone groups is 1. The number of carbonyl (C=O) groups is 2. The van der Waals surface area contributed by atoms with E-state index >= 15 is 0 Å². The molecule has 0 aliphatic carbocycles. The lowest BCUT2D eigenvalue weighted by molar-refractivity contribution is 0.0240. The summed E-state index contributed by atoms with van der Waals surface area (Å²) in [6.07, 6.45) is 0.324. The molecule has 0 saturated carbocycles. The van der Waals surface area contributed by atoms with Gasteiger partial charge in [-0.3, -0.25) is 0 Å². The molecule has 0 atom stereocenters. The van der Waals surface area contributed by atoms with Gasteiger partial charge < -0.3 is 19.3 Å². The fraction of sp³-hybridized carbons (Fsp3) is 0.467. The molecule has 1 aromatic heterocycles. The monoisotopic (exact) mass is 569 g/mol. The van der Waals surface area contributed by atoms with Gasteiger partial charge in [0.1, 0.15) is 16.2 Å². The van der Waals surface area contributed by atoms with Crippen molar-refractivity contribution in [1.82, 2.24) is 9.47 Å². The Morgan fingerprint density at radius 3 is 1.93 bits per heavy atom. The normalized spacial score (nSPS) is 14.9. The zero-order chi connectivity index (χ0) is 29.5. The van der Waals surface area contributed by atoms with E-state index in [1.165, 1.54) is 4.57 Å². The summed E-state index contributed by atoms with van der Waals surface area (Å²) in [6.45, 7) is 12.6. The van der Waals surface area contributed by atoms with Gasteiger partial charge >= 0.3 is 12.2 Å². The van der Waals surface area contributed by atoms with Gasteiger partial charge in [0.2, 0.25) is 0 Å². The third-order valence-corrected chi connectivity index (χ3v) is 7.58. The van der Waals surface area contributed by atoms with Crippen LogP contribution in [0.3, 0.4) is 0 Å². The SMILES string of the molecule is CC(C)(C)OC(=O)N1CCN(c2cccc3c(Cc4ccccc4)c(S(C)(=O)=O)n(C(=O)OC(C)(C)C)c23)CC1. The van der Waals surface area contributed by atoms with Crippen LogP contribution in [0.15, 0.2) is 53.6 Å². The average molecular weight is 570 g/mol. The number of hydrogen-bond donors (Lipinski definition) is 0. The predicted molar refractivity (Wildman–Crippen MR) is 156 cm³/mol. The van der Waals surface area contributed by atoms with E-state index in [0.29, 0.717) is 54.8 Å². The molecule has 0 bridgehead atoms. The van der Waals surface area contributed by atoms with Gasteiger partial charge in [-0.2, -0.15) is 0 Å². The summed E-state index contributed by atoms with van der Waals surface area (Å²) in [6, 6.07) is 15.2. The molecule has 1 fully saturated rings. The molecule has 1 aliphatic rings. The van der Waals surface area contributed by atoms with Crippen LogP contribution in [0.25, 0.3) is 10.9 Å². The van der Waals surface area contributed by atoms with Crippen molar-refractivity contribution in [3.8, 4) is 0 Å². The summed E-state index contributed by atoms with van der Waals surface area (Å²) in [5, 5.41) is 0.600. The number of rotatable bonds is 4. The Labute approximate surface area is 236 Å². The number of anilines is 1. The third kappa shape index (κ3) is 6.60. The molecule has 0 unspecified atom stereocenters. The molecule has 0 spiro atoms. The Hall–Kier alpha value is -3.53. The van der Waals surface area contributed by atoms with E-state index in [-0.39, 0.29) is 11.1 Å². The lowest BCUT2D eigenvalue weighted by Crippen LogP contribution is -2.50. The van der Waals surface area contributed by atoms with Crippen molar-refractivity contribution in [3.63, 3.8) is 0 Å². The number of nitrogens with zero attached hydrogens (tertiary/aromatic N) is 3. The summed E-state index contributed by atoms with van der Waals surface area (Å²) in [5.41, 5.74) is 1.22. The maximum absolute atomic E-state index is 13.7. The van der Waals surface area contributed by atoms with E-state index in [9.17, 15) is 18.0 Å². The molecule has 10 heteroatoms. The fourth-order valence-electron chi connectivity index (χ4n) is 4.92. The Morgan fingerprint density at radius 2 is 1.38 bits per heavy atom. The van der Waals surface area contributed by atoms with Crippen molar-refractivity contribution >= 4 is 38.6 Å².